The van der Waals surface area contributed by atoms with E-state index in [9.17, 15) is 24.3 Å². The molecule has 0 spiro atoms. The average molecular weight is 558 g/mol. The van der Waals surface area contributed by atoms with Gasteiger partial charge in [-0.2, -0.15) is 0 Å². The Labute approximate surface area is 235 Å². The Morgan fingerprint density at radius 3 is 2.23 bits per heavy atom. The van der Waals surface area contributed by atoms with Gasteiger partial charge in [0.05, 0.1) is 25.9 Å². The van der Waals surface area contributed by atoms with Gasteiger partial charge in [-0.15, -0.1) is 0 Å². The van der Waals surface area contributed by atoms with Crippen LogP contribution in [0.5, 0.6) is 5.75 Å². The van der Waals surface area contributed by atoms with Crippen LogP contribution >= 0.6 is 0 Å². The van der Waals surface area contributed by atoms with Crippen LogP contribution in [0, 0.1) is 11.8 Å². The number of carbonyl (C=O) groups is 4. The molecule has 2 saturated carbocycles. The van der Waals surface area contributed by atoms with Gasteiger partial charge in [0.15, 0.2) is 5.78 Å². The minimum Gasteiger partial charge on any atom is -0.497 e. The normalized spacial score (nSPS) is 26.4. The summed E-state index contributed by atoms with van der Waals surface area (Å²) in [5.41, 5.74) is -0.0771. The minimum atomic E-state index is -0.972. The Hall–Kier alpha value is -2.98. The molecule has 10 heteroatoms. The second-order valence-electron chi connectivity index (χ2n) is 11.8. The fourth-order valence-corrected chi connectivity index (χ4v) is 5.80. The Morgan fingerprint density at radius 2 is 1.65 bits per heavy atom. The molecule has 4 rings (SSSR count). The molecule has 3 aliphatic rings. The van der Waals surface area contributed by atoms with E-state index in [1.807, 2.05) is 12.1 Å². The van der Waals surface area contributed by atoms with Crippen molar-refractivity contribution in [3.05, 3.63) is 29.8 Å². The molecule has 1 aromatic rings. The first-order valence-corrected chi connectivity index (χ1v) is 14.5. The van der Waals surface area contributed by atoms with Crippen LogP contribution in [-0.2, 0) is 30.3 Å². The number of rotatable bonds is 13. The maximum absolute atomic E-state index is 13.7. The molecular formula is C30H43N3O7. The summed E-state index contributed by atoms with van der Waals surface area (Å²) in [4.78, 5) is 52.8. The van der Waals surface area contributed by atoms with Crippen LogP contribution in [0.3, 0.4) is 0 Å². The zero-order valence-corrected chi connectivity index (χ0v) is 23.7. The highest BCUT2D eigenvalue weighted by atomic mass is 16.6. The van der Waals surface area contributed by atoms with Crippen molar-refractivity contribution < 1.29 is 33.8 Å². The summed E-state index contributed by atoms with van der Waals surface area (Å²) in [5.74, 6) is -0.689. The molecule has 1 unspecified atom stereocenters. The van der Waals surface area contributed by atoms with Crippen LogP contribution in [-0.4, -0.2) is 72.2 Å². The molecule has 1 heterocycles. The van der Waals surface area contributed by atoms with Gasteiger partial charge in [-0.05, 0) is 63.1 Å². The van der Waals surface area contributed by atoms with Gasteiger partial charge in [0.25, 0.3) is 0 Å². The van der Waals surface area contributed by atoms with Crippen LogP contribution in [0.1, 0.15) is 70.8 Å². The number of Topliss-reactive ketones (excluding diaryl/α,β-unsaturated/α-hetero) is 1. The summed E-state index contributed by atoms with van der Waals surface area (Å²) in [5, 5.41) is 18.2. The zero-order valence-electron chi connectivity index (χ0n) is 23.7. The third-order valence-corrected chi connectivity index (χ3v) is 8.53. The second-order valence-corrected chi connectivity index (χ2v) is 11.8. The molecule has 0 radical (unpaired) electrons. The Morgan fingerprint density at radius 1 is 1.00 bits per heavy atom. The molecule has 0 aromatic heterocycles. The van der Waals surface area contributed by atoms with E-state index < -0.39 is 41.6 Å². The summed E-state index contributed by atoms with van der Waals surface area (Å²) in [6.45, 7) is 3.65. The highest BCUT2D eigenvalue weighted by Crippen LogP contribution is 2.33. The monoisotopic (exact) mass is 557 g/mol. The number of hydrogen-bond acceptors (Lipinski definition) is 7. The fourth-order valence-electron chi connectivity index (χ4n) is 5.80. The van der Waals surface area contributed by atoms with E-state index in [1.165, 1.54) is 0 Å². The maximum Gasteiger partial charge on any atom is 0.243 e. The van der Waals surface area contributed by atoms with Crippen LogP contribution in [0.15, 0.2) is 24.3 Å². The van der Waals surface area contributed by atoms with Crippen molar-refractivity contribution in [2.75, 3.05) is 13.7 Å². The van der Waals surface area contributed by atoms with E-state index >= 15 is 0 Å². The molecule has 0 bridgehead atoms. The number of epoxide rings is 1. The summed E-state index contributed by atoms with van der Waals surface area (Å²) in [6, 6.07) is 4.64. The molecule has 2 aliphatic carbocycles. The van der Waals surface area contributed by atoms with E-state index in [2.05, 4.69) is 16.0 Å². The van der Waals surface area contributed by atoms with Crippen molar-refractivity contribution in [1.29, 1.82) is 0 Å². The Kier molecular flexibility index (Phi) is 9.84. The van der Waals surface area contributed by atoms with E-state index in [1.54, 1.807) is 33.1 Å². The van der Waals surface area contributed by atoms with E-state index in [4.69, 9.17) is 9.47 Å². The number of carbonyl (C=O) groups excluding carboxylic acids is 4. The lowest BCUT2D eigenvalue weighted by Crippen LogP contribution is -2.57. The van der Waals surface area contributed by atoms with Crippen molar-refractivity contribution in [3.8, 4) is 5.75 Å². The molecule has 10 nitrogen and oxygen atoms in total. The second kappa shape index (κ2) is 13.1. The molecule has 1 aliphatic heterocycles. The molecular weight excluding hydrogens is 514 g/mol. The lowest BCUT2D eigenvalue weighted by atomic mass is 9.90. The predicted octanol–water partition coefficient (Wildman–Crippen LogP) is 1.81. The first kappa shape index (κ1) is 30.0. The first-order chi connectivity index (χ1) is 19.1. The molecule has 1 saturated heterocycles. The van der Waals surface area contributed by atoms with Gasteiger partial charge < -0.3 is 30.5 Å². The number of benzene rings is 1. The Balaban J connectivity index is 1.46. The van der Waals surface area contributed by atoms with E-state index in [0.29, 0.717) is 44.0 Å². The average Bonchev–Trinajstić information content (AvgIpc) is 3.28. The number of ether oxygens (including phenoxy) is 2. The number of aliphatic hydroxyl groups is 1. The van der Waals surface area contributed by atoms with Crippen LogP contribution in [0.2, 0.25) is 0 Å². The minimum absolute atomic E-state index is 0.137. The molecule has 3 fully saturated rings. The lowest BCUT2D eigenvalue weighted by Gasteiger charge is -2.27. The van der Waals surface area contributed by atoms with Crippen molar-refractivity contribution in [2.45, 2.75) is 101 Å². The molecule has 220 valence electrons. The fraction of sp³-hybridized carbons (Fsp3) is 0.667. The molecule has 40 heavy (non-hydrogen) atoms. The number of methoxy groups -OCH3 is 1. The van der Waals surface area contributed by atoms with Crippen LogP contribution in [0.25, 0.3) is 0 Å². The van der Waals surface area contributed by atoms with Gasteiger partial charge in [-0.25, -0.2) is 0 Å². The van der Waals surface area contributed by atoms with Gasteiger partial charge >= 0.3 is 0 Å². The molecule has 1 aromatic carbocycles. The van der Waals surface area contributed by atoms with Crippen LogP contribution in [0.4, 0.5) is 0 Å². The summed E-state index contributed by atoms with van der Waals surface area (Å²) < 4.78 is 10.6. The standard InChI is InChI=1S/C30H43N3O7/c1-18(31-28(37)21-10-11-22(34)16-21)27(36)33-25(15-20-8-12-23(39-3)13-9-20)29(38)32-24(14-19-6-4-5-7-19)26(35)30(2)17-40-30/h8-9,12-13,18-19,21-22,24-25,34H,4-7,10-11,14-17H2,1-3H3,(H,31,37)(H,32,38)(H,33,36)/t18-,21?,22-,24+,25+,30-/m1/s1. The topological polar surface area (TPSA) is 146 Å². The molecule has 3 amide bonds. The van der Waals surface area contributed by atoms with Gasteiger partial charge in [0, 0.05) is 12.3 Å². The van der Waals surface area contributed by atoms with E-state index in [-0.39, 0.29) is 24.0 Å². The number of hydrogen-bond donors (Lipinski definition) is 4. The zero-order chi connectivity index (χ0) is 28.9. The maximum atomic E-state index is 13.7. The smallest absolute Gasteiger partial charge is 0.243 e. The summed E-state index contributed by atoms with van der Waals surface area (Å²) in [7, 11) is 1.57. The number of aliphatic hydroxyl groups excluding tert-OH is 1. The number of ketones is 1. The third kappa shape index (κ3) is 7.81. The SMILES string of the molecule is COc1ccc(C[C@H](NC(=O)[C@@H](C)NC(=O)C2CC[C@@H](O)C2)C(=O)N[C@@H](CC2CCCC2)C(=O)[C@@]2(C)CO2)cc1. The predicted molar refractivity (Wildman–Crippen MR) is 147 cm³/mol. The van der Waals surface area contributed by atoms with Gasteiger partial charge in [0.1, 0.15) is 23.4 Å². The largest absolute Gasteiger partial charge is 0.497 e. The van der Waals surface area contributed by atoms with E-state index in [0.717, 1.165) is 31.2 Å². The number of nitrogens with one attached hydrogen (secondary N) is 3. The number of amides is 3. The van der Waals surface area contributed by atoms with Crippen LogP contribution < -0.4 is 20.7 Å². The van der Waals surface area contributed by atoms with Crippen molar-refractivity contribution in [1.82, 2.24) is 16.0 Å². The lowest BCUT2D eigenvalue weighted by molar-refractivity contribution is -0.134. The summed E-state index contributed by atoms with van der Waals surface area (Å²) >= 11 is 0. The van der Waals surface area contributed by atoms with Crippen molar-refractivity contribution >= 4 is 23.5 Å². The van der Waals surface area contributed by atoms with Gasteiger partial charge in [-0.3, -0.25) is 19.2 Å². The van der Waals surface area contributed by atoms with Gasteiger partial charge in [-0.1, -0.05) is 37.8 Å². The third-order valence-electron chi connectivity index (χ3n) is 8.53. The first-order valence-electron chi connectivity index (χ1n) is 14.5. The molecule has 6 atom stereocenters. The summed E-state index contributed by atoms with van der Waals surface area (Å²) in [6.07, 6.45) is 6.04. The van der Waals surface area contributed by atoms with Gasteiger partial charge in [0.2, 0.25) is 17.7 Å². The van der Waals surface area contributed by atoms with Crippen molar-refractivity contribution in [3.63, 3.8) is 0 Å². The molecule has 4 N–H and O–H groups in total. The quantitative estimate of drug-likeness (QED) is 0.271. The van der Waals surface area contributed by atoms with Crippen molar-refractivity contribution in [2.24, 2.45) is 11.8 Å². The highest BCUT2D eigenvalue weighted by molar-refractivity contribution is 5.98. The highest BCUT2D eigenvalue weighted by Gasteiger charge is 2.50. The Bertz CT molecular complexity index is 1070.